The molecule has 0 fully saturated rings. The molecule has 5 nitrogen and oxygen atoms in total. The van der Waals surface area contributed by atoms with Gasteiger partial charge in [-0.3, -0.25) is 9.79 Å². The highest BCUT2D eigenvalue weighted by atomic mass is 127. The van der Waals surface area contributed by atoms with Gasteiger partial charge in [0.25, 0.3) is 0 Å². The van der Waals surface area contributed by atoms with Gasteiger partial charge in [0.1, 0.15) is 0 Å². The predicted molar refractivity (Wildman–Crippen MR) is 110 cm³/mol. The van der Waals surface area contributed by atoms with Crippen LogP contribution < -0.4 is 16.0 Å². The molecule has 1 aromatic carbocycles. The number of hydrogen-bond donors (Lipinski definition) is 3. The van der Waals surface area contributed by atoms with Crippen molar-refractivity contribution in [2.24, 2.45) is 4.99 Å². The molecule has 0 radical (unpaired) electrons. The average molecular weight is 450 g/mol. The molecule has 0 unspecified atom stereocenters. The number of aliphatic imine (C=N–C) groups is 1. The highest BCUT2D eigenvalue weighted by molar-refractivity contribution is 14.0. The topological polar surface area (TPSA) is 65.5 Å². The molecule has 1 amide bonds. The van der Waals surface area contributed by atoms with E-state index >= 15 is 0 Å². The molecule has 1 rings (SSSR count). The third-order valence-corrected chi connectivity index (χ3v) is 3.92. The Kier molecular flexibility index (Phi) is 11.9. The van der Waals surface area contributed by atoms with Gasteiger partial charge in [-0.15, -0.1) is 35.7 Å². The van der Waals surface area contributed by atoms with E-state index in [1.54, 1.807) is 18.8 Å². The summed E-state index contributed by atoms with van der Waals surface area (Å²) in [6.07, 6.45) is 3.01. The molecule has 0 saturated heterocycles. The summed E-state index contributed by atoms with van der Waals surface area (Å²) < 4.78 is 0. The summed E-state index contributed by atoms with van der Waals surface area (Å²) >= 11 is 1.73. The van der Waals surface area contributed by atoms with Gasteiger partial charge in [0.15, 0.2) is 5.96 Å². The maximum Gasteiger partial charge on any atom is 0.239 e. The third kappa shape index (κ3) is 8.45. The van der Waals surface area contributed by atoms with Crippen molar-refractivity contribution in [3.63, 3.8) is 0 Å². The number of amides is 1. The van der Waals surface area contributed by atoms with Crippen LogP contribution in [-0.2, 0) is 11.3 Å². The Morgan fingerprint density at radius 1 is 1.26 bits per heavy atom. The molecule has 0 aromatic heterocycles. The smallest absolute Gasteiger partial charge is 0.239 e. The second-order valence-corrected chi connectivity index (χ2v) is 5.79. The molecule has 0 heterocycles. The van der Waals surface area contributed by atoms with Crippen molar-refractivity contribution in [2.75, 3.05) is 26.4 Å². The standard InChI is InChI=1S/C16H26N4OS.HI/c1-5-8-18-15(21)11-20-16(17-3)19-10-13-7-6-12(2)9-14(13)22-4;/h6-7,9H,5,8,10-11H2,1-4H3,(H,18,21)(H2,17,19,20);1H. The second kappa shape index (κ2) is 12.5. The van der Waals surface area contributed by atoms with Crippen LogP contribution >= 0.6 is 35.7 Å². The number of nitrogens with one attached hydrogen (secondary N) is 3. The van der Waals surface area contributed by atoms with Gasteiger partial charge in [0, 0.05) is 25.0 Å². The number of benzene rings is 1. The third-order valence-electron chi connectivity index (χ3n) is 3.10. The summed E-state index contributed by atoms with van der Waals surface area (Å²) in [6, 6.07) is 6.40. The minimum atomic E-state index is -0.0232. The molecule has 0 bridgehead atoms. The number of aryl methyl sites for hydroxylation is 1. The lowest BCUT2D eigenvalue weighted by molar-refractivity contribution is -0.120. The van der Waals surface area contributed by atoms with Gasteiger partial charge in [-0.05, 0) is 36.8 Å². The van der Waals surface area contributed by atoms with Crippen LogP contribution in [0.25, 0.3) is 0 Å². The minimum Gasteiger partial charge on any atom is -0.355 e. The molecule has 0 saturated carbocycles. The molecular formula is C16H27IN4OS. The van der Waals surface area contributed by atoms with Crippen LogP contribution in [0.3, 0.4) is 0 Å². The molecule has 0 atom stereocenters. The number of carbonyl (C=O) groups is 1. The van der Waals surface area contributed by atoms with E-state index in [0.29, 0.717) is 19.0 Å². The van der Waals surface area contributed by atoms with E-state index in [4.69, 9.17) is 0 Å². The van der Waals surface area contributed by atoms with Crippen molar-refractivity contribution < 1.29 is 4.79 Å². The molecule has 0 aliphatic rings. The van der Waals surface area contributed by atoms with Gasteiger partial charge in [-0.2, -0.15) is 0 Å². The van der Waals surface area contributed by atoms with E-state index in [2.05, 4.69) is 52.3 Å². The molecule has 7 heteroatoms. The lowest BCUT2D eigenvalue weighted by Gasteiger charge is -2.14. The van der Waals surface area contributed by atoms with Crippen LogP contribution in [0.15, 0.2) is 28.1 Å². The fourth-order valence-corrected chi connectivity index (χ4v) is 2.59. The number of hydrogen-bond acceptors (Lipinski definition) is 3. The molecule has 0 spiro atoms. The highest BCUT2D eigenvalue weighted by Crippen LogP contribution is 2.21. The number of halogens is 1. The van der Waals surface area contributed by atoms with Gasteiger partial charge >= 0.3 is 0 Å². The number of guanidine groups is 1. The fourth-order valence-electron chi connectivity index (χ4n) is 1.89. The summed E-state index contributed by atoms with van der Waals surface area (Å²) in [6.45, 7) is 5.72. The van der Waals surface area contributed by atoms with Crippen molar-refractivity contribution >= 4 is 47.6 Å². The quantitative estimate of drug-likeness (QED) is 0.259. The number of carbonyl (C=O) groups excluding carboxylic acids is 1. The predicted octanol–water partition coefficient (Wildman–Crippen LogP) is 2.53. The Bertz CT molecular complexity index is 523. The largest absolute Gasteiger partial charge is 0.355 e. The van der Waals surface area contributed by atoms with E-state index in [-0.39, 0.29) is 36.4 Å². The van der Waals surface area contributed by atoms with Crippen molar-refractivity contribution in [3.05, 3.63) is 29.3 Å². The van der Waals surface area contributed by atoms with Crippen molar-refractivity contribution in [3.8, 4) is 0 Å². The van der Waals surface area contributed by atoms with E-state index in [1.807, 2.05) is 6.92 Å². The first kappa shape index (κ1) is 22.0. The molecule has 1 aromatic rings. The van der Waals surface area contributed by atoms with Gasteiger partial charge in [-0.1, -0.05) is 19.1 Å². The Labute approximate surface area is 160 Å². The summed E-state index contributed by atoms with van der Waals surface area (Å²) in [5.41, 5.74) is 2.47. The Balaban J connectivity index is 0.00000484. The van der Waals surface area contributed by atoms with Crippen LogP contribution in [0, 0.1) is 6.92 Å². The number of thioether (sulfide) groups is 1. The molecule has 3 N–H and O–H groups in total. The van der Waals surface area contributed by atoms with Crippen molar-refractivity contribution in [1.29, 1.82) is 0 Å². The highest BCUT2D eigenvalue weighted by Gasteiger charge is 2.05. The van der Waals surface area contributed by atoms with Gasteiger partial charge < -0.3 is 16.0 Å². The maximum absolute atomic E-state index is 11.6. The van der Waals surface area contributed by atoms with E-state index in [0.717, 1.165) is 6.42 Å². The normalized spacial score (nSPS) is 10.7. The van der Waals surface area contributed by atoms with Crippen LogP contribution in [0.1, 0.15) is 24.5 Å². The Morgan fingerprint density at radius 3 is 2.61 bits per heavy atom. The first-order valence-electron chi connectivity index (χ1n) is 7.45. The van der Waals surface area contributed by atoms with Crippen LogP contribution in [-0.4, -0.2) is 38.3 Å². The van der Waals surface area contributed by atoms with E-state index < -0.39 is 0 Å². The molecule has 0 aliphatic carbocycles. The Hall–Kier alpha value is -0.960. The molecule has 23 heavy (non-hydrogen) atoms. The van der Waals surface area contributed by atoms with E-state index in [9.17, 15) is 4.79 Å². The Morgan fingerprint density at radius 2 is 2.00 bits per heavy atom. The zero-order chi connectivity index (χ0) is 16.4. The van der Waals surface area contributed by atoms with Crippen molar-refractivity contribution in [1.82, 2.24) is 16.0 Å². The zero-order valence-electron chi connectivity index (χ0n) is 14.2. The summed E-state index contributed by atoms with van der Waals surface area (Å²) in [7, 11) is 1.70. The second-order valence-electron chi connectivity index (χ2n) is 4.94. The lowest BCUT2D eigenvalue weighted by Crippen LogP contribution is -2.43. The summed E-state index contributed by atoms with van der Waals surface area (Å²) in [5.74, 6) is 0.601. The first-order chi connectivity index (χ1) is 10.6. The van der Waals surface area contributed by atoms with Crippen LogP contribution in [0.5, 0.6) is 0 Å². The molecule has 0 aliphatic heterocycles. The molecular weight excluding hydrogens is 423 g/mol. The zero-order valence-corrected chi connectivity index (χ0v) is 17.4. The van der Waals surface area contributed by atoms with Gasteiger partial charge in [-0.25, -0.2) is 0 Å². The average Bonchev–Trinajstić information content (AvgIpc) is 2.53. The van der Waals surface area contributed by atoms with Gasteiger partial charge in [0.05, 0.1) is 6.54 Å². The minimum absolute atomic E-state index is 0. The monoisotopic (exact) mass is 450 g/mol. The van der Waals surface area contributed by atoms with Crippen LogP contribution in [0.2, 0.25) is 0 Å². The summed E-state index contributed by atoms with van der Waals surface area (Å²) in [4.78, 5) is 17.0. The van der Waals surface area contributed by atoms with Crippen LogP contribution in [0.4, 0.5) is 0 Å². The fraction of sp³-hybridized carbons (Fsp3) is 0.500. The number of nitrogens with zero attached hydrogens (tertiary/aromatic N) is 1. The SMILES string of the molecule is CCCNC(=O)CNC(=NC)NCc1ccc(C)cc1SC.I. The molecule has 130 valence electrons. The summed E-state index contributed by atoms with van der Waals surface area (Å²) in [5, 5.41) is 9.08. The lowest BCUT2D eigenvalue weighted by atomic mass is 10.1. The number of rotatable bonds is 7. The van der Waals surface area contributed by atoms with E-state index in [1.165, 1.54) is 16.0 Å². The maximum atomic E-state index is 11.6. The first-order valence-corrected chi connectivity index (χ1v) is 8.67. The van der Waals surface area contributed by atoms with Gasteiger partial charge in [0.2, 0.25) is 5.91 Å². The van der Waals surface area contributed by atoms with Crippen molar-refractivity contribution in [2.45, 2.75) is 31.7 Å².